The topological polar surface area (TPSA) is 61.4 Å². The first-order chi connectivity index (χ1) is 10.8. The lowest BCUT2D eigenvalue weighted by molar-refractivity contribution is -0.390. The van der Waals surface area contributed by atoms with Gasteiger partial charge in [-0.1, -0.05) is 32.0 Å². The van der Waals surface area contributed by atoms with Crippen molar-refractivity contribution in [3.05, 3.63) is 29.3 Å². The molecule has 1 aromatic carbocycles. The van der Waals surface area contributed by atoms with Crippen LogP contribution in [0, 0.1) is 0 Å². The maximum absolute atomic E-state index is 14.2. The van der Waals surface area contributed by atoms with Crippen LogP contribution >= 0.6 is 0 Å². The molecule has 0 saturated heterocycles. The Labute approximate surface area is 133 Å². The number of urea groups is 1. The van der Waals surface area contributed by atoms with Gasteiger partial charge in [0.05, 0.1) is 11.3 Å². The fourth-order valence-corrected chi connectivity index (χ4v) is 1.98. The molecule has 0 heterocycles. The van der Waals surface area contributed by atoms with Crippen LogP contribution in [0.3, 0.4) is 0 Å². The smallest absolute Gasteiger partial charge is 0.350 e. The van der Waals surface area contributed by atoms with Gasteiger partial charge in [0.25, 0.3) is 0 Å². The summed E-state index contributed by atoms with van der Waals surface area (Å²) in [5, 5.41) is 12.8. The molecule has 3 N–H and O–H groups in total. The SMILES string of the molecule is CNC(=O)Nc1c(C(C)C)cccc1C(F)(F)C(O)(F)C(F)(F)F. The molecular formula is C14H16F6N2O2. The van der Waals surface area contributed by atoms with Crippen molar-refractivity contribution in [3.8, 4) is 0 Å². The zero-order valence-corrected chi connectivity index (χ0v) is 12.9. The third kappa shape index (κ3) is 3.42. The number of aliphatic hydroxyl groups is 1. The van der Waals surface area contributed by atoms with E-state index in [4.69, 9.17) is 5.11 Å². The van der Waals surface area contributed by atoms with E-state index in [9.17, 15) is 31.1 Å². The minimum atomic E-state index is -6.24. The van der Waals surface area contributed by atoms with E-state index in [-0.39, 0.29) is 5.56 Å². The molecule has 136 valence electrons. The lowest BCUT2D eigenvalue weighted by atomic mass is 9.92. The number of anilines is 1. The number of alkyl halides is 6. The average Bonchev–Trinajstić information content (AvgIpc) is 2.45. The summed E-state index contributed by atoms with van der Waals surface area (Å²) in [6, 6.07) is 1.79. The number of para-hydroxylation sites is 1. The van der Waals surface area contributed by atoms with Gasteiger partial charge in [-0.3, -0.25) is 0 Å². The lowest BCUT2D eigenvalue weighted by Crippen LogP contribution is -2.53. The molecule has 10 heteroatoms. The maximum atomic E-state index is 14.2. The summed E-state index contributed by atoms with van der Waals surface area (Å²) in [5.41, 5.74) is -2.13. The van der Waals surface area contributed by atoms with Crippen molar-refractivity contribution < 1.29 is 36.2 Å². The highest BCUT2D eigenvalue weighted by Gasteiger charge is 2.72. The van der Waals surface area contributed by atoms with Gasteiger partial charge in [-0.15, -0.1) is 0 Å². The highest BCUT2D eigenvalue weighted by atomic mass is 19.4. The number of carbonyl (C=O) groups excluding carboxylic acids is 1. The molecule has 1 unspecified atom stereocenters. The Hall–Kier alpha value is -1.97. The van der Waals surface area contributed by atoms with Crippen LogP contribution in [-0.2, 0) is 5.92 Å². The molecule has 0 aliphatic carbocycles. The van der Waals surface area contributed by atoms with Gasteiger partial charge < -0.3 is 15.7 Å². The van der Waals surface area contributed by atoms with Crippen molar-refractivity contribution in [2.45, 2.75) is 37.7 Å². The number of hydrogen-bond donors (Lipinski definition) is 3. The van der Waals surface area contributed by atoms with Gasteiger partial charge in [-0.25, -0.2) is 4.79 Å². The molecule has 0 bridgehead atoms. The van der Waals surface area contributed by atoms with E-state index in [0.717, 1.165) is 13.1 Å². The summed E-state index contributed by atoms with van der Waals surface area (Å²) in [4.78, 5) is 11.4. The number of hydrogen-bond acceptors (Lipinski definition) is 2. The van der Waals surface area contributed by atoms with Gasteiger partial charge in [-0.2, -0.15) is 26.3 Å². The number of amides is 2. The molecule has 0 radical (unpaired) electrons. The Morgan fingerprint density at radius 2 is 1.67 bits per heavy atom. The Morgan fingerprint density at radius 3 is 2.08 bits per heavy atom. The Morgan fingerprint density at radius 1 is 1.12 bits per heavy atom. The Bertz CT molecular complexity index is 614. The molecule has 0 spiro atoms. The van der Waals surface area contributed by atoms with E-state index in [1.54, 1.807) is 0 Å². The highest BCUT2D eigenvalue weighted by Crippen LogP contribution is 2.51. The van der Waals surface area contributed by atoms with Crippen molar-refractivity contribution in [2.75, 3.05) is 12.4 Å². The van der Waals surface area contributed by atoms with Crippen LogP contribution < -0.4 is 10.6 Å². The zero-order chi connectivity index (χ0) is 18.9. The second-order valence-electron chi connectivity index (χ2n) is 5.32. The van der Waals surface area contributed by atoms with Crippen LogP contribution in [0.25, 0.3) is 0 Å². The van der Waals surface area contributed by atoms with E-state index < -0.39 is 41.2 Å². The monoisotopic (exact) mass is 358 g/mol. The fourth-order valence-electron chi connectivity index (χ4n) is 1.98. The number of nitrogens with one attached hydrogen (secondary N) is 2. The van der Waals surface area contributed by atoms with Crippen LogP contribution in [0.5, 0.6) is 0 Å². The van der Waals surface area contributed by atoms with Crippen molar-refractivity contribution in [1.82, 2.24) is 5.32 Å². The molecule has 0 fully saturated rings. The maximum Gasteiger partial charge on any atom is 0.455 e. The van der Waals surface area contributed by atoms with Gasteiger partial charge in [0, 0.05) is 7.05 Å². The predicted octanol–water partition coefficient (Wildman–Crippen LogP) is 3.87. The molecule has 1 aromatic rings. The normalized spacial score (nSPS) is 15.1. The average molecular weight is 358 g/mol. The zero-order valence-electron chi connectivity index (χ0n) is 12.9. The molecular weight excluding hydrogens is 342 g/mol. The van der Waals surface area contributed by atoms with Gasteiger partial charge in [0.15, 0.2) is 0 Å². The summed E-state index contributed by atoms with van der Waals surface area (Å²) in [7, 11) is 1.16. The predicted molar refractivity (Wildman–Crippen MR) is 74.6 cm³/mol. The third-order valence-electron chi connectivity index (χ3n) is 3.31. The molecule has 1 atom stereocenters. The Kier molecular flexibility index (Phi) is 5.44. The summed E-state index contributed by atoms with van der Waals surface area (Å²) in [6.07, 6.45) is -6.24. The first-order valence-electron chi connectivity index (χ1n) is 6.75. The highest BCUT2D eigenvalue weighted by molar-refractivity contribution is 5.91. The van der Waals surface area contributed by atoms with E-state index in [2.05, 4.69) is 5.32 Å². The lowest BCUT2D eigenvalue weighted by Gasteiger charge is -2.32. The van der Waals surface area contributed by atoms with Gasteiger partial charge in [0.1, 0.15) is 0 Å². The standard InChI is InChI=1S/C14H16F6N2O2/c1-7(2)8-5-4-6-9(10(8)22-11(23)21-3)12(15,16)13(17,24)14(18,19)20/h4-7,24H,1-3H3,(H2,21,22,23). The van der Waals surface area contributed by atoms with Gasteiger partial charge in [0.2, 0.25) is 0 Å². The van der Waals surface area contributed by atoms with Crippen molar-refractivity contribution in [3.63, 3.8) is 0 Å². The number of benzene rings is 1. The van der Waals surface area contributed by atoms with Crippen LogP contribution in [0.2, 0.25) is 0 Å². The fraction of sp³-hybridized carbons (Fsp3) is 0.500. The molecule has 0 aromatic heterocycles. The minimum Gasteiger partial charge on any atom is -0.350 e. The van der Waals surface area contributed by atoms with E-state index in [1.165, 1.54) is 19.9 Å². The largest absolute Gasteiger partial charge is 0.455 e. The van der Waals surface area contributed by atoms with Crippen molar-refractivity contribution in [1.29, 1.82) is 0 Å². The number of halogens is 6. The number of carbonyl (C=O) groups is 1. The molecule has 4 nitrogen and oxygen atoms in total. The second-order valence-corrected chi connectivity index (χ2v) is 5.32. The van der Waals surface area contributed by atoms with E-state index in [1.807, 2.05) is 5.32 Å². The molecule has 24 heavy (non-hydrogen) atoms. The minimum absolute atomic E-state index is 0.0498. The quantitative estimate of drug-likeness (QED) is 0.716. The third-order valence-corrected chi connectivity index (χ3v) is 3.31. The van der Waals surface area contributed by atoms with Gasteiger partial charge in [-0.05, 0) is 11.5 Å². The van der Waals surface area contributed by atoms with Crippen LogP contribution in [-0.4, -0.2) is 30.2 Å². The summed E-state index contributed by atoms with van der Waals surface area (Å²) in [6.45, 7) is 3.08. The molecule has 0 aliphatic rings. The first kappa shape index (κ1) is 20.1. The van der Waals surface area contributed by atoms with E-state index >= 15 is 0 Å². The van der Waals surface area contributed by atoms with E-state index in [0.29, 0.717) is 6.07 Å². The van der Waals surface area contributed by atoms with Crippen LogP contribution in [0.15, 0.2) is 18.2 Å². The van der Waals surface area contributed by atoms with Crippen LogP contribution in [0.1, 0.15) is 30.9 Å². The molecule has 2 amide bonds. The van der Waals surface area contributed by atoms with Crippen molar-refractivity contribution in [2.24, 2.45) is 0 Å². The van der Waals surface area contributed by atoms with Crippen LogP contribution in [0.4, 0.5) is 36.8 Å². The summed E-state index contributed by atoms with van der Waals surface area (Å²) < 4.78 is 79.5. The van der Waals surface area contributed by atoms with Crippen molar-refractivity contribution >= 4 is 11.7 Å². The number of rotatable bonds is 4. The molecule has 1 rings (SSSR count). The Balaban J connectivity index is 3.63. The molecule has 0 aliphatic heterocycles. The van der Waals surface area contributed by atoms with Gasteiger partial charge >= 0.3 is 24.0 Å². The summed E-state index contributed by atoms with van der Waals surface area (Å²) >= 11 is 0. The first-order valence-corrected chi connectivity index (χ1v) is 6.75. The summed E-state index contributed by atoms with van der Waals surface area (Å²) in [5.74, 6) is -11.6. The second kappa shape index (κ2) is 6.50. The molecule has 0 saturated carbocycles.